The molecule has 4 N–H and O–H groups in total. The minimum Gasteiger partial charge on any atom is -0.480 e. The SMILES string of the molecule is CC/C=C\C/C=C\C/C=C\C/C=C\C/C=C\C/C=C\CCCCC(=O)OC(COCCCCCCCCCCCCCCCCC)COP(=O)(O)OCC(N)C(=O)O. The van der Waals surface area contributed by atoms with Crippen molar-refractivity contribution in [1.82, 2.24) is 0 Å². The average Bonchev–Trinajstić information content (AvgIpc) is 3.20. The Hall–Kier alpha value is -2.59. The van der Waals surface area contributed by atoms with E-state index in [4.69, 9.17) is 29.4 Å². The Labute approximate surface area is 353 Å². The molecule has 0 aliphatic rings. The highest BCUT2D eigenvalue weighted by molar-refractivity contribution is 7.47. The number of nitrogens with two attached hydrogens (primary N) is 1. The zero-order chi connectivity index (χ0) is 42.6. The second-order valence-corrected chi connectivity index (χ2v) is 16.3. The summed E-state index contributed by atoms with van der Waals surface area (Å²) in [4.78, 5) is 33.6. The quantitative estimate of drug-likeness (QED) is 0.0234. The number of carboxylic acids is 1. The lowest BCUT2D eigenvalue weighted by molar-refractivity contribution is -0.154. The number of carboxylic acid groups (broad SMARTS) is 1. The molecule has 3 unspecified atom stereocenters. The van der Waals surface area contributed by atoms with Gasteiger partial charge in [-0.3, -0.25) is 18.6 Å². The molecule has 0 spiro atoms. The summed E-state index contributed by atoms with van der Waals surface area (Å²) >= 11 is 0. The van der Waals surface area contributed by atoms with Crippen LogP contribution in [0.15, 0.2) is 72.9 Å². The van der Waals surface area contributed by atoms with Crippen LogP contribution in [0.5, 0.6) is 0 Å². The van der Waals surface area contributed by atoms with Gasteiger partial charge >= 0.3 is 19.8 Å². The molecular weight excluding hydrogens is 753 g/mol. The van der Waals surface area contributed by atoms with Crippen molar-refractivity contribution in [1.29, 1.82) is 0 Å². The minimum atomic E-state index is -4.63. The van der Waals surface area contributed by atoms with Crippen molar-refractivity contribution < 1.29 is 42.7 Å². The first-order chi connectivity index (χ1) is 28.2. The number of carbonyl (C=O) groups is 2. The molecule has 0 aliphatic carbocycles. The topological polar surface area (TPSA) is 155 Å². The largest absolute Gasteiger partial charge is 0.480 e. The summed E-state index contributed by atoms with van der Waals surface area (Å²) in [6.07, 6.45) is 52.4. The molecule has 0 rings (SSSR count). The predicted octanol–water partition coefficient (Wildman–Crippen LogP) is 12.6. The Balaban J connectivity index is 4.32. The molecule has 0 heterocycles. The summed E-state index contributed by atoms with van der Waals surface area (Å²) in [7, 11) is -4.63. The van der Waals surface area contributed by atoms with E-state index in [1.165, 1.54) is 77.0 Å². The van der Waals surface area contributed by atoms with Crippen LogP contribution in [0.2, 0.25) is 0 Å². The summed E-state index contributed by atoms with van der Waals surface area (Å²) in [5.41, 5.74) is 5.35. The van der Waals surface area contributed by atoms with E-state index in [1.54, 1.807) is 0 Å². The Morgan fingerprint density at radius 3 is 1.47 bits per heavy atom. The first-order valence-corrected chi connectivity index (χ1v) is 24.0. The maximum atomic E-state index is 12.6. The fourth-order valence-corrected chi connectivity index (χ4v) is 6.56. The van der Waals surface area contributed by atoms with Crippen molar-refractivity contribution in [2.75, 3.05) is 26.4 Å². The molecule has 0 aromatic heterocycles. The van der Waals surface area contributed by atoms with Gasteiger partial charge in [0.1, 0.15) is 12.1 Å². The second kappa shape index (κ2) is 42.5. The Kier molecular flexibility index (Phi) is 40.6. The number of phosphoric acid groups is 1. The van der Waals surface area contributed by atoms with Crippen LogP contribution in [-0.2, 0) is 32.7 Å². The van der Waals surface area contributed by atoms with Gasteiger partial charge in [0.05, 0.1) is 19.8 Å². The molecule has 0 fully saturated rings. The van der Waals surface area contributed by atoms with Gasteiger partial charge in [-0.2, -0.15) is 0 Å². The molecule has 0 aliphatic heterocycles. The van der Waals surface area contributed by atoms with Gasteiger partial charge in [-0.25, -0.2) is 4.57 Å². The number of hydrogen-bond acceptors (Lipinski definition) is 8. The fourth-order valence-electron chi connectivity index (χ4n) is 5.78. The predicted molar refractivity (Wildman–Crippen MR) is 240 cm³/mol. The molecule has 11 heteroatoms. The van der Waals surface area contributed by atoms with E-state index in [0.29, 0.717) is 13.0 Å². The number of rotatable bonds is 42. The van der Waals surface area contributed by atoms with Crippen LogP contribution in [-0.4, -0.2) is 60.5 Å². The third-order valence-electron chi connectivity index (χ3n) is 9.25. The van der Waals surface area contributed by atoms with E-state index in [1.807, 2.05) is 0 Å². The summed E-state index contributed by atoms with van der Waals surface area (Å²) in [5, 5.41) is 8.90. The maximum Gasteiger partial charge on any atom is 0.472 e. The van der Waals surface area contributed by atoms with Gasteiger partial charge in [0.15, 0.2) is 0 Å². The zero-order valence-corrected chi connectivity index (χ0v) is 37.3. The van der Waals surface area contributed by atoms with Crippen LogP contribution in [0.25, 0.3) is 0 Å². The summed E-state index contributed by atoms with van der Waals surface area (Å²) < 4.78 is 33.3. The second-order valence-electron chi connectivity index (χ2n) is 14.8. The number of unbranched alkanes of at least 4 members (excludes halogenated alkanes) is 16. The molecular formula is C47H82NO9P. The molecule has 0 amide bonds. The Bertz CT molecular complexity index is 1200. The number of hydrogen-bond donors (Lipinski definition) is 3. The summed E-state index contributed by atoms with van der Waals surface area (Å²) in [6, 6.07) is -1.48. The van der Waals surface area contributed by atoms with E-state index in [2.05, 4.69) is 86.8 Å². The third kappa shape index (κ3) is 41.6. The highest BCUT2D eigenvalue weighted by Gasteiger charge is 2.27. The Morgan fingerprint density at radius 2 is 1.00 bits per heavy atom. The Morgan fingerprint density at radius 1 is 0.569 bits per heavy atom. The molecule has 0 aromatic carbocycles. The van der Waals surface area contributed by atoms with Gasteiger partial charge in [-0.15, -0.1) is 0 Å². The van der Waals surface area contributed by atoms with E-state index in [9.17, 15) is 19.0 Å². The van der Waals surface area contributed by atoms with E-state index in [0.717, 1.165) is 70.6 Å². The van der Waals surface area contributed by atoms with Gasteiger partial charge in [0, 0.05) is 13.0 Å². The fraction of sp³-hybridized carbons (Fsp3) is 0.702. The monoisotopic (exact) mass is 836 g/mol. The highest BCUT2D eigenvalue weighted by Crippen LogP contribution is 2.43. The van der Waals surface area contributed by atoms with Crippen LogP contribution in [0.1, 0.15) is 174 Å². The van der Waals surface area contributed by atoms with Crippen molar-refractivity contribution in [3.63, 3.8) is 0 Å². The molecule has 334 valence electrons. The molecule has 0 bridgehead atoms. The molecule has 0 saturated heterocycles. The lowest BCUT2D eigenvalue weighted by atomic mass is 10.0. The summed E-state index contributed by atoms with van der Waals surface area (Å²) in [5.74, 6) is -1.83. The third-order valence-corrected chi connectivity index (χ3v) is 10.2. The molecule has 0 saturated carbocycles. The number of aliphatic carboxylic acids is 1. The minimum absolute atomic E-state index is 0.00246. The van der Waals surface area contributed by atoms with Gasteiger partial charge < -0.3 is 25.2 Å². The number of ether oxygens (including phenoxy) is 2. The molecule has 0 radical (unpaired) electrons. The van der Waals surface area contributed by atoms with Crippen molar-refractivity contribution in [2.45, 2.75) is 187 Å². The van der Waals surface area contributed by atoms with Crippen LogP contribution in [0, 0.1) is 0 Å². The molecule has 10 nitrogen and oxygen atoms in total. The van der Waals surface area contributed by atoms with Gasteiger partial charge in [-0.05, 0) is 64.2 Å². The zero-order valence-electron chi connectivity index (χ0n) is 36.4. The number of allylic oxidation sites excluding steroid dienone is 12. The van der Waals surface area contributed by atoms with E-state index >= 15 is 0 Å². The normalized spacial score (nSPS) is 14.6. The van der Waals surface area contributed by atoms with E-state index in [-0.39, 0.29) is 13.0 Å². The van der Waals surface area contributed by atoms with Crippen molar-refractivity contribution in [3.05, 3.63) is 72.9 Å². The number of esters is 1. The van der Waals surface area contributed by atoms with Crippen LogP contribution in [0.4, 0.5) is 0 Å². The molecule has 58 heavy (non-hydrogen) atoms. The average molecular weight is 836 g/mol. The lowest BCUT2D eigenvalue weighted by Gasteiger charge is -2.20. The number of carbonyl (C=O) groups excluding carboxylic acids is 1. The molecule has 3 atom stereocenters. The van der Waals surface area contributed by atoms with Gasteiger partial charge in [-0.1, -0.05) is 177 Å². The van der Waals surface area contributed by atoms with Crippen molar-refractivity contribution >= 4 is 19.8 Å². The van der Waals surface area contributed by atoms with Crippen molar-refractivity contribution in [3.8, 4) is 0 Å². The van der Waals surface area contributed by atoms with Gasteiger partial charge in [0.25, 0.3) is 0 Å². The lowest BCUT2D eigenvalue weighted by Crippen LogP contribution is -2.34. The van der Waals surface area contributed by atoms with Crippen LogP contribution in [0.3, 0.4) is 0 Å². The smallest absolute Gasteiger partial charge is 0.472 e. The summed E-state index contributed by atoms with van der Waals surface area (Å²) in [6.45, 7) is 3.71. The maximum absolute atomic E-state index is 12.6. The first-order valence-electron chi connectivity index (χ1n) is 22.5. The van der Waals surface area contributed by atoms with E-state index < -0.39 is 45.1 Å². The van der Waals surface area contributed by atoms with Gasteiger partial charge in [0.2, 0.25) is 0 Å². The molecule has 0 aromatic rings. The standard InChI is InChI=1S/C47H82NO9P/c1-3-5-7-9-11-13-15-17-19-20-21-22-23-24-25-27-29-31-33-35-37-39-46(49)57-44(42-55-58(52,53)56-43-45(48)47(50)51)41-54-40-38-36-34-32-30-28-26-18-16-14-12-10-8-6-4-2/h5,7,11,13,17,19,21-22,24-25,29,31,44-45H,3-4,6,8-10,12,14-16,18,20,23,26-28,30,32-43,48H2,1-2H3,(H,50,51)(H,52,53)/b7-5-,13-11-,19-17-,22-21-,25-24-,31-29-. The number of phosphoric ester groups is 1. The van der Waals surface area contributed by atoms with Crippen LogP contribution >= 0.6 is 7.82 Å². The highest BCUT2D eigenvalue weighted by atomic mass is 31.2. The first kappa shape index (κ1) is 55.4. The van der Waals surface area contributed by atoms with Crippen molar-refractivity contribution in [2.24, 2.45) is 5.73 Å². The van der Waals surface area contributed by atoms with Crippen LogP contribution < -0.4 is 5.73 Å².